The average Bonchev–Trinajstić information content (AvgIpc) is 3.46. The normalized spacial score (nSPS) is 11.1. The van der Waals surface area contributed by atoms with Crippen LogP contribution >= 0.6 is 35.0 Å². The van der Waals surface area contributed by atoms with E-state index in [2.05, 4.69) is 25.8 Å². The number of rotatable bonds is 7. The van der Waals surface area contributed by atoms with Crippen LogP contribution in [0.25, 0.3) is 22.7 Å². The number of benzene rings is 3. The number of thioether (sulfide) groups is 1. The highest BCUT2D eigenvalue weighted by atomic mass is 35.5. The Bertz CT molecular complexity index is 1470. The van der Waals surface area contributed by atoms with Gasteiger partial charge in [-0.15, -0.1) is 15.3 Å². The van der Waals surface area contributed by atoms with E-state index in [1.807, 2.05) is 59.2 Å². The quantitative estimate of drug-likeness (QED) is 0.294. The van der Waals surface area contributed by atoms with Gasteiger partial charge in [0, 0.05) is 17.2 Å². The molecule has 0 saturated heterocycles. The lowest BCUT2D eigenvalue weighted by atomic mass is 10.3. The minimum Gasteiger partial charge on any atom is -0.325 e. The highest BCUT2D eigenvalue weighted by Gasteiger charge is 2.19. The highest BCUT2D eigenvalue weighted by molar-refractivity contribution is 7.99. The van der Waals surface area contributed by atoms with Gasteiger partial charge in [-0.3, -0.25) is 9.36 Å². The summed E-state index contributed by atoms with van der Waals surface area (Å²) in [6.45, 7) is 0. The van der Waals surface area contributed by atoms with Crippen LogP contribution in [0.4, 0.5) is 5.69 Å². The molecule has 0 radical (unpaired) electrons. The second kappa shape index (κ2) is 9.84. The summed E-state index contributed by atoms with van der Waals surface area (Å²) in [7, 11) is 0. The maximum absolute atomic E-state index is 12.5. The second-order valence-electron chi connectivity index (χ2n) is 7.21. The molecule has 5 aromatic rings. The Morgan fingerprint density at radius 3 is 2.59 bits per heavy atom. The number of halogens is 2. The Labute approximate surface area is 208 Å². The van der Waals surface area contributed by atoms with E-state index in [1.165, 1.54) is 11.8 Å². The molecule has 3 aromatic carbocycles. The first-order chi connectivity index (χ1) is 16.6. The fourth-order valence-electron chi connectivity index (χ4n) is 3.35. The number of anilines is 1. The smallest absolute Gasteiger partial charge is 0.259 e. The number of fused-ring (bicyclic) bond motifs is 1. The number of nitrogens with one attached hydrogen (secondary N) is 1. The molecule has 0 unspecified atom stereocenters. The molecule has 0 spiro atoms. The standard InChI is InChI=1S/C23H17Cl2N7OS/c24-15-10-11-17(25)19(14-15)26-21(33)12-13-34-23-29-28-22(31(23)16-6-2-1-3-7-16)32-20-9-5-4-8-18(20)27-30-32/h1-11,14H,12-13H2,(H,26,33). The fourth-order valence-corrected chi connectivity index (χ4v) is 4.58. The summed E-state index contributed by atoms with van der Waals surface area (Å²) in [4.78, 5) is 12.5. The van der Waals surface area contributed by atoms with Crippen molar-refractivity contribution in [2.24, 2.45) is 0 Å². The molecule has 1 amide bonds. The van der Waals surface area contributed by atoms with Gasteiger partial charge in [0.15, 0.2) is 5.16 Å². The third kappa shape index (κ3) is 4.63. The summed E-state index contributed by atoms with van der Waals surface area (Å²) in [6, 6.07) is 22.3. The predicted octanol–water partition coefficient (Wildman–Crippen LogP) is 5.43. The first-order valence-corrected chi connectivity index (χ1v) is 12.0. The van der Waals surface area contributed by atoms with E-state index >= 15 is 0 Å². The van der Waals surface area contributed by atoms with Gasteiger partial charge in [0.25, 0.3) is 5.95 Å². The van der Waals surface area contributed by atoms with Crippen molar-refractivity contribution < 1.29 is 4.79 Å². The van der Waals surface area contributed by atoms with Crippen LogP contribution in [0.2, 0.25) is 10.0 Å². The van der Waals surface area contributed by atoms with Crippen molar-refractivity contribution in [3.05, 3.63) is 82.8 Å². The van der Waals surface area contributed by atoms with Gasteiger partial charge in [0.2, 0.25) is 5.91 Å². The SMILES string of the molecule is O=C(CCSc1nnc(-n2nnc3ccccc32)n1-c1ccccc1)Nc1cc(Cl)ccc1Cl. The number of hydrogen-bond acceptors (Lipinski definition) is 6. The van der Waals surface area contributed by atoms with Gasteiger partial charge < -0.3 is 5.32 Å². The summed E-state index contributed by atoms with van der Waals surface area (Å²) in [6.07, 6.45) is 0.247. The van der Waals surface area contributed by atoms with E-state index in [9.17, 15) is 4.79 Å². The van der Waals surface area contributed by atoms with Crippen molar-refractivity contribution in [3.8, 4) is 11.6 Å². The molecule has 34 heavy (non-hydrogen) atoms. The topological polar surface area (TPSA) is 90.5 Å². The zero-order valence-electron chi connectivity index (χ0n) is 17.6. The van der Waals surface area contributed by atoms with Crippen LogP contribution in [-0.4, -0.2) is 41.4 Å². The Kier molecular flexibility index (Phi) is 6.48. The van der Waals surface area contributed by atoms with E-state index in [4.69, 9.17) is 23.2 Å². The lowest BCUT2D eigenvalue weighted by Gasteiger charge is -2.10. The molecule has 8 nitrogen and oxygen atoms in total. The van der Waals surface area contributed by atoms with Crippen molar-refractivity contribution in [1.29, 1.82) is 0 Å². The van der Waals surface area contributed by atoms with Crippen LogP contribution in [0.15, 0.2) is 78.0 Å². The van der Waals surface area contributed by atoms with Crippen molar-refractivity contribution >= 4 is 57.6 Å². The molecule has 0 fully saturated rings. The third-order valence-electron chi connectivity index (χ3n) is 4.93. The Morgan fingerprint density at radius 2 is 1.74 bits per heavy atom. The van der Waals surface area contributed by atoms with Crippen molar-refractivity contribution in [1.82, 2.24) is 29.8 Å². The first-order valence-electron chi connectivity index (χ1n) is 10.3. The van der Waals surface area contributed by atoms with E-state index < -0.39 is 0 Å². The average molecular weight is 510 g/mol. The molecule has 2 aromatic heterocycles. The van der Waals surface area contributed by atoms with Gasteiger partial charge in [-0.1, -0.05) is 70.5 Å². The maximum atomic E-state index is 12.5. The molecule has 0 aliphatic heterocycles. The maximum Gasteiger partial charge on any atom is 0.259 e. The number of amides is 1. The Hall–Kier alpha value is -3.40. The molecule has 11 heteroatoms. The summed E-state index contributed by atoms with van der Waals surface area (Å²) < 4.78 is 3.56. The lowest BCUT2D eigenvalue weighted by molar-refractivity contribution is -0.115. The molecule has 0 bridgehead atoms. The fraction of sp³-hybridized carbons (Fsp3) is 0.0870. The molecule has 0 aliphatic carbocycles. The lowest BCUT2D eigenvalue weighted by Crippen LogP contribution is -2.13. The zero-order chi connectivity index (χ0) is 23.5. The van der Waals surface area contributed by atoms with Gasteiger partial charge in [-0.25, -0.2) is 0 Å². The minimum atomic E-state index is -0.176. The number of carbonyl (C=O) groups is 1. The highest BCUT2D eigenvalue weighted by Crippen LogP contribution is 2.27. The molecule has 0 saturated carbocycles. The van der Waals surface area contributed by atoms with E-state index in [0.717, 1.165) is 16.7 Å². The number of nitrogens with zero attached hydrogens (tertiary/aromatic N) is 6. The van der Waals surface area contributed by atoms with Crippen LogP contribution in [0.1, 0.15) is 6.42 Å². The first kappa shape index (κ1) is 22.4. The van der Waals surface area contributed by atoms with Crippen molar-refractivity contribution in [3.63, 3.8) is 0 Å². The van der Waals surface area contributed by atoms with Crippen molar-refractivity contribution in [2.45, 2.75) is 11.6 Å². The molecule has 5 rings (SSSR count). The monoisotopic (exact) mass is 509 g/mol. The van der Waals surface area contributed by atoms with Crippen LogP contribution in [0.3, 0.4) is 0 Å². The number of hydrogen-bond donors (Lipinski definition) is 1. The van der Waals surface area contributed by atoms with Gasteiger partial charge in [0.1, 0.15) is 5.52 Å². The number of para-hydroxylation sites is 2. The number of carbonyl (C=O) groups excluding carboxylic acids is 1. The van der Waals surface area contributed by atoms with Gasteiger partial charge in [-0.2, -0.15) is 4.68 Å². The van der Waals surface area contributed by atoms with Crippen LogP contribution < -0.4 is 5.32 Å². The van der Waals surface area contributed by atoms with Gasteiger partial charge in [0.05, 0.1) is 21.9 Å². The minimum absolute atomic E-state index is 0.176. The summed E-state index contributed by atoms with van der Waals surface area (Å²) in [5.74, 6) is 0.815. The van der Waals surface area contributed by atoms with Crippen molar-refractivity contribution in [2.75, 3.05) is 11.1 Å². The summed E-state index contributed by atoms with van der Waals surface area (Å²) >= 11 is 13.6. The number of aromatic nitrogens is 6. The molecule has 2 heterocycles. The molecular formula is C23H17Cl2N7OS. The van der Waals surface area contributed by atoms with E-state index in [0.29, 0.717) is 32.6 Å². The molecule has 1 N–H and O–H groups in total. The van der Waals surface area contributed by atoms with Gasteiger partial charge >= 0.3 is 0 Å². The van der Waals surface area contributed by atoms with E-state index in [-0.39, 0.29) is 12.3 Å². The molecule has 170 valence electrons. The molecule has 0 aliphatic rings. The molecular weight excluding hydrogens is 493 g/mol. The molecule has 0 atom stereocenters. The zero-order valence-corrected chi connectivity index (χ0v) is 19.9. The third-order valence-corrected chi connectivity index (χ3v) is 6.43. The summed E-state index contributed by atoms with van der Waals surface area (Å²) in [5.41, 5.74) is 2.94. The van der Waals surface area contributed by atoms with Crippen LogP contribution in [0.5, 0.6) is 0 Å². The Morgan fingerprint density at radius 1 is 0.941 bits per heavy atom. The Balaban J connectivity index is 1.38. The van der Waals surface area contributed by atoms with Gasteiger partial charge in [-0.05, 0) is 42.5 Å². The van der Waals surface area contributed by atoms with Crippen LogP contribution in [-0.2, 0) is 4.79 Å². The predicted molar refractivity (Wildman–Crippen MR) is 134 cm³/mol. The second-order valence-corrected chi connectivity index (χ2v) is 9.12. The summed E-state index contributed by atoms with van der Waals surface area (Å²) in [5, 5.41) is 21.6. The van der Waals surface area contributed by atoms with Crippen LogP contribution in [0, 0.1) is 0 Å². The van der Waals surface area contributed by atoms with E-state index in [1.54, 1.807) is 22.9 Å². The largest absolute Gasteiger partial charge is 0.325 e.